The highest BCUT2D eigenvalue weighted by Gasteiger charge is 2.31. The van der Waals surface area contributed by atoms with Gasteiger partial charge in [-0.1, -0.05) is 17.7 Å². The summed E-state index contributed by atoms with van der Waals surface area (Å²) in [4.78, 5) is 7.25. The van der Waals surface area contributed by atoms with Crippen molar-refractivity contribution < 1.29 is 9.47 Å². The number of ether oxygens (including phenoxy) is 2. The van der Waals surface area contributed by atoms with Gasteiger partial charge in [-0.3, -0.25) is 9.89 Å². The molecule has 0 aliphatic carbocycles. The zero-order chi connectivity index (χ0) is 18.2. The van der Waals surface area contributed by atoms with E-state index in [-0.39, 0.29) is 30.1 Å². The number of aryl methyl sites for hydroxylation is 1. The number of rotatable bonds is 7. The van der Waals surface area contributed by atoms with Crippen molar-refractivity contribution in [2.75, 3.05) is 45.9 Å². The summed E-state index contributed by atoms with van der Waals surface area (Å²) in [5.41, 5.74) is 1.24. The van der Waals surface area contributed by atoms with Crippen molar-refractivity contribution in [1.29, 1.82) is 0 Å². The van der Waals surface area contributed by atoms with Gasteiger partial charge in [-0.25, -0.2) is 0 Å². The van der Waals surface area contributed by atoms with Crippen LogP contribution in [0.15, 0.2) is 29.3 Å². The highest BCUT2D eigenvalue weighted by atomic mass is 127. The Labute approximate surface area is 180 Å². The van der Waals surface area contributed by atoms with E-state index in [1.807, 2.05) is 12.1 Å². The minimum atomic E-state index is 0. The van der Waals surface area contributed by atoms with Crippen LogP contribution in [0.3, 0.4) is 0 Å². The highest BCUT2D eigenvalue weighted by molar-refractivity contribution is 14.0. The first-order valence-corrected chi connectivity index (χ1v) is 9.82. The van der Waals surface area contributed by atoms with E-state index >= 15 is 0 Å². The second-order valence-electron chi connectivity index (χ2n) is 7.05. The van der Waals surface area contributed by atoms with Gasteiger partial charge >= 0.3 is 0 Å². The number of halogens is 1. The molecular formula is C20H33IN4O2. The summed E-state index contributed by atoms with van der Waals surface area (Å²) in [5, 5.41) is 6.62. The largest absolute Gasteiger partial charge is 0.492 e. The molecule has 1 aromatic rings. The molecule has 0 spiro atoms. The molecule has 2 N–H and O–H groups in total. The van der Waals surface area contributed by atoms with Crippen LogP contribution in [0.25, 0.3) is 0 Å². The summed E-state index contributed by atoms with van der Waals surface area (Å²) in [5.74, 6) is 1.72. The van der Waals surface area contributed by atoms with Crippen LogP contribution < -0.4 is 15.4 Å². The fourth-order valence-electron chi connectivity index (χ4n) is 3.50. The lowest BCUT2D eigenvalue weighted by Crippen LogP contribution is -2.47. The number of hydrogen-bond donors (Lipinski definition) is 2. The number of benzene rings is 1. The Morgan fingerprint density at radius 1 is 1.30 bits per heavy atom. The summed E-state index contributed by atoms with van der Waals surface area (Å²) >= 11 is 0. The molecule has 0 radical (unpaired) electrons. The molecule has 7 heteroatoms. The number of aliphatic imine (C=N–C) groups is 1. The Bertz CT molecular complexity index is 582. The molecule has 2 unspecified atom stereocenters. The molecule has 2 saturated heterocycles. The van der Waals surface area contributed by atoms with Gasteiger partial charge in [-0.2, -0.15) is 0 Å². The number of hydrogen-bond acceptors (Lipinski definition) is 4. The van der Waals surface area contributed by atoms with Crippen molar-refractivity contribution in [3.8, 4) is 5.75 Å². The van der Waals surface area contributed by atoms with Crippen LogP contribution in [-0.4, -0.2) is 68.9 Å². The Morgan fingerprint density at radius 2 is 2.11 bits per heavy atom. The van der Waals surface area contributed by atoms with Crippen LogP contribution in [0.5, 0.6) is 5.75 Å². The molecule has 2 aliphatic rings. The molecule has 2 fully saturated rings. The van der Waals surface area contributed by atoms with E-state index in [2.05, 4.69) is 41.5 Å². The second-order valence-corrected chi connectivity index (χ2v) is 7.05. The molecule has 3 rings (SSSR count). The summed E-state index contributed by atoms with van der Waals surface area (Å²) in [7, 11) is 0. The third kappa shape index (κ3) is 7.12. The predicted molar refractivity (Wildman–Crippen MR) is 120 cm³/mol. The molecule has 6 nitrogen and oxygen atoms in total. The van der Waals surface area contributed by atoms with E-state index < -0.39 is 0 Å². The fourth-order valence-corrected chi connectivity index (χ4v) is 3.50. The van der Waals surface area contributed by atoms with Gasteiger partial charge < -0.3 is 20.1 Å². The van der Waals surface area contributed by atoms with Crippen LogP contribution in [0, 0.1) is 6.92 Å². The summed E-state index contributed by atoms with van der Waals surface area (Å²) < 4.78 is 11.7. The van der Waals surface area contributed by atoms with Crippen LogP contribution >= 0.6 is 24.0 Å². The SMILES string of the molecule is CCNC(=NCC1CN2CCCC2CO1)NCCOc1ccc(C)cc1.I. The molecule has 27 heavy (non-hydrogen) atoms. The van der Waals surface area contributed by atoms with Gasteiger partial charge in [-0.05, 0) is 45.4 Å². The first kappa shape index (κ1) is 22.2. The lowest BCUT2D eigenvalue weighted by molar-refractivity contribution is -0.0432. The van der Waals surface area contributed by atoms with E-state index in [1.165, 1.54) is 24.9 Å². The smallest absolute Gasteiger partial charge is 0.191 e. The second kappa shape index (κ2) is 11.7. The number of fused-ring (bicyclic) bond motifs is 1. The van der Waals surface area contributed by atoms with Crippen LogP contribution in [-0.2, 0) is 4.74 Å². The molecule has 2 heterocycles. The van der Waals surface area contributed by atoms with Crippen LogP contribution in [0.4, 0.5) is 0 Å². The normalized spacial score (nSPS) is 22.7. The Hall–Kier alpha value is -1.06. The molecule has 0 aromatic heterocycles. The van der Waals surface area contributed by atoms with E-state index in [1.54, 1.807) is 0 Å². The van der Waals surface area contributed by atoms with Gasteiger partial charge in [0.1, 0.15) is 12.4 Å². The molecule has 152 valence electrons. The third-order valence-electron chi connectivity index (χ3n) is 4.94. The van der Waals surface area contributed by atoms with Crippen molar-refractivity contribution in [3.05, 3.63) is 29.8 Å². The molecule has 2 atom stereocenters. The summed E-state index contributed by atoms with van der Waals surface area (Å²) in [6, 6.07) is 8.76. The lowest BCUT2D eigenvalue weighted by Gasteiger charge is -2.34. The van der Waals surface area contributed by atoms with Crippen LogP contribution in [0.2, 0.25) is 0 Å². The van der Waals surface area contributed by atoms with Gasteiger partial charge in [-0.15, -0.1) is 24.0 Å². The van der Waals surface area contributed by atoms with Gasteiger partial charge in [0.25, 0.3) is 0 Å². The Morgan fingerprint density at radius 3 is 2.89 bits per heavy atom. The molecule has 1 aromatic carbocycles. The van der Waals surface area contributed by atoms with Gasteiger partial charge in [0.05, 0.1) is 25.8 Å². The molecule has 0 amide bonds. The number of nitrogens with one attached hydrogen (secondary N) is 2. The van der Waals surface area contributed by atoms with Crippen molar-refractivity contribution in [2.24, 2.45) is 4.99 Å². The Balaban J connectivity index is 0.00000261. The van der Waals surface area contributed by atoms with Gasteiger partial charge in [0.2, 0.25) is 0 Å². The first-order chi connectivity index (χ1) is 12.7. The maximum absolute atomic E-state index is 5.98. The topological polar surface area (TPSA) is 58.1 Å². The highest BCUT2D eigenvalue weighted by Crippen LogP contribution is 2.22. The standard InChI is InChI=1S/C20H32N4O2.HI/c1-3-21-20(22-10-12-25-18-8-6-16(2)7-9-18)23-13-19-14-24-11-4-5-17(24)15-26-19;/h6-9,17,19H,3-5,10-15H2,1-2H3,(H2,21,22,23);1H. The van der Waals surface area contributed by atoms with E-state index in [4.69, 9.17) is 14.5 Å². The fraction of sp³-hybridized carbons (Fsp3) is 0.650. The van der Waals surface area contributed by atoms with Crippen molar-refractivity contribution >= 4 is 29.9 Å². The molecule has 0 bridgehead atoms. The van der Waals surface area contributed by atoms with Crippen LogP contribution in [0.1, 0.15) is 25.3 Å². The van der Waals surface area contributed by atoms with Gasteiger partial charge in [0, 0.05) is 19.1 Å². The zero-order valence-corrected chi connectivity index (χ0v) is 18.8. The quantitative estimate of drug-likeness (QED) is 0.267. The molecular weight excluding hydrogens is 455 g/mol. The summed E-state index contributed by atoms with van der Waals surface area (Å²) in [6.45, 7) is 10.1. The number of guanidine groups is 1. The zero-order valence-electron chi connectivity index (χ0n) is 16.4. The minimum Gasteiger partial charge on any atom is -0.492 e. The van der Waals surface area contributed by atoms with Crippen molar-refractivity contribution in [3.63, 3.8) is 0 Å². The average molecular weight is 488 g/mol. The first-order valence-electron chi connectivity index (χ1n) is 9.82. The van der Waals surface area contributed by atoms with Gasteiger partial charge in [0.15, 0.2) is 5.96 Å². The van der Waals surface area contributed by atoms with E-state index in [9.17, 15) is 0 Å². The van der Waals surface area contributed by atoms with E-state index in [0.29, 0.717) is 25.7 Å². The predicted octanol–water partition coefficient (Wildman–Crippen LogP) is 2.41. The molecule has 2 aliphatic heterocycles. The van der Waals surface area contributed by atoms with Crippen molar-refractivity contribution in [1.82, 2.24) is 15.5 Å². The average Bonchev–Trinajstić information content (AvgIpc) is 3.12. The maximum atomic E-state index is 5.98. The Kier molecular flexibility index (Phi) is 9.64. The summed E-state index contributed by atoms with van der Waals surface area (Å²) in [6.07, 6.45) is 2.78. The monoisotopic (exact) mass is 488 g/mol. The minimum absolute atomic E-state index is 0. The maximum Gasteiger partial charge on any atom is 0.191 e. The lowest BCUT2D eigenvalue weighted by atomic mass is 10.2. The molecule has 0 saturated carbocycles. The number of nitrogens with zero attached hydrogens (tertiary/aromatic N) is 2. The van der Waals surface area contributed by atoms with Crippen molar-refractivity contribution in [2.45, 2.75) is 38.8 Å². The third-order valence-corrected chi connectivity index (χ3v) is 4.94. The van der Waals surface area contributed by atoms with E-state index in [0.717, 1.165) is 31.4 Å². The number of morpholine rings is 1.